The van der Waals surface area contributed by atoms with Crippen molar-refractivity contribution in [3.63, 3.8) is 0 Å². The molecular weight excluding hydrogens is 294 g/mol. The van der Waals surface area contributed by atoms with Gasteiger partial charge in [-0.2, -0.15) is 5.26 Å². The molecule has 3 aromatic rings. The normalized spacial score (nSPS) is 10.8. The van der Waals surface area contributed by atoms with Gasteiger partial charge in [-0.05, 0) is 35.2 Å². The summed E-state index contributed by atoms with van der Waals surface area (Å²) in [5, 5.41) is 10.2. The third kappa shape index (κ3) is 3.02. The van der Waals surface area contributed by atoms with Gasteiger partial charge in [-0.1, -0.05) is 72.8 Å². The van der Waals surface area contributed by atoms with E-state index in [2.05, 4.69) is 6.07 Å². The molecule has 0 saturated heterocycles. The first-order valence-electron chi connectivity index (χ1n) is 7.94. The molecule has 0 fully saturated rings. The van der Waals surface area contributed by atoms with Crippen LogP contribution in [0.15, 0.2) is 84.9 Å². The summed E-state index contributed by atoms with van der Waals surface area (Å²) >= 11 is 0. The van der Waals surface area contributed by atoms with Crippen LogP contribution in [-0.4, -0.2) is 7.11 Å². The van der Waals surface area contributed by atoms with Crippen LogP contribution in [0.5, 0.6) is 5.75 Å². The first-order chi connectivity index (χ1) is 11.8. The lowest BCUT2D eigenvalue weighted by molar-refractivity contribution is 0.414. The van der Waals surface area contributed by atoms with Crippen molar-refractivity contribution in [1.82, 2.24) is 0 Å². The van der Waals surface area contributed by atoms with Crippen LogP contribution in [0.3, 0.4) is 0 Å². The Labute approximate surface area is 143 Å². The van der Waals surface area contributed by atoms with E-state index in [9.17, 15) is 5.26 Å². The fourth-order valence-electron chi connectivity index (χ4n) is 3.03. The number of benzene rings is 3. The molecule has 0 aliphatic rings. The monoisotopic (exact) mass is 313 g/mol. The second-order valence-electron chi connectivity index (χ2n) is 5.77. The third-order valence-corrected chi connectivity index (χ3v) is 4.35. The van der Waals surface area contributed by atoms with E-state index in [1.165, 1.54) is 0 Å². The summed E-state index contributed by atoms with van der Waals surface area (Å²) in [7, 11) is 1.66. The molecule has 118 valence electrons. The van der Waals surface area contributed by atoms with Crippen LogP contribution < -0.4 is 4.74 Å². The minimum atomic E-state index is -0.711. The Morgan fingerprint density at radius 2 is 1.29 bits per heavy atom. The molecule has 2 heteroatoms. The SMILES string of the molecule is COc1ccc(CC(C#N)(c2ccccc2)c2ccccc2)cc1. The number of methoxy groups -OCH3 is 1. The van der Waals surface area contributed by atoms with Crippen LogP contribution in [0, 0.1) is 11.3 Å². The number of rotatable bonds is 5. The summed E-state index contributed by atoms with van der Waals surface area (Å²) in [5.41, 5.74) is 2.41. The molecule has 24 heavy (non-hydrogen) atoms. The predicted octanol–water partition coefficient (Wildman–Crippen LogP) is 4.75. The van der Waals surface area contributed by atoms with E-state index in [1.54, 1.807) is 7.11 Å². The molecule has 0 saturated carbocycles. The molecular formula is C22H19NO. The van der Waals surface area contributed by atoms with Crippen LogP contribution in [0.4, 0.5) is 0 Å². The van der Waals surface area contributed by atoms with E-state index in [0.717, 1.165) is 22.4 Å². The largest absolute Gasteiger partial charge is 0.497 e. The number of ether oxygens (including phenoxy) is 1. The molecule has 0 heterocycles. The zero-order chi connectivity index (χ0) is 16.8. The quantitative estimate of drug-likeness (QED) is 0.681. The van der Waals surface area contributed by atoms with Gasteiger partial charge in [0, 0.05) is 0 Å². The lowest BCUT2D eigenvalue weighted by Crippen LogP contribution is -2.28. The maximum absolute atomic E-state index is 10.2. The predicted molar refractivity (Wildman–Crippen MR) is 96.0 cm³/mol. The Balaban J connectivity index is 2.09. The highest BCUT2D eigenvalue weighted by Gasteiger charge is 2.34. The highest BCUT2D eigenvalue weighted by molar-refractivity contribution is 5.48. The van der Waals surface area contributed by atoms with Crippen molar-refractivity contribution in [3.8, 4) is 11.8 Å². The maximum atomic E-state index is 10.2. The van der Waals surface area contributed by atoms with Crippen molar-refractivity contribution in [3.05, 3.63) is 102 Å². The molecule has 3 rings (SSSR count). The number of hydrogen-bond acceptors (Lipinski definition) is 2. The molecule has 0 N–H and O–H groups in total. The Kier molecular flexibility index (Phi) is 4.63. The molecule has 0 spiro atoms. The average Bonchev–Trinajstić information content (AvgIpc) is 2.68. The Morgan fingerprint density at radius 1 is 0.792 bits per heavy atom. The summed E-state index contributed by atoms with van der Waals surface area (Å²) in [6, 6.07) is 30.5. The molecule has 0 aromatic heterocycles. The van der Waals surface area contributed by atoms with Crippen LogP contribution >= 0.6 is 0 Å². The van der Waals surface area contributed by atoms with E-state index in [0.29, 0.717) is 6.42 Å². The maximum Gasteiger partial charge on any atom is 0.118 e. The van der Waals surface area contributed by atoms with Gasteiger partial charge >= 0.3 is 0 Å². The van der Waals surface area contributed by atoms with Gasteiger partial charge in [-0.25, -0.2) is 0 Å². The number of hydrogen-bond donors (Lipinski definition) is 0. The van der Waals surface area contributed by atoms with Crippen molar-refractivity contribution >= 4 is 0 Å². The minimum absolute atomic E-state index is 0.613. The van der Waals surface area contributed by atoms with E-state index >= 15 is 0 Å². The molecule has 0 aliphatic heterocycles. The van der Waals surface area contributed by atoms with Crippen LogP contribution in [-0.2, 0) is 11.8 Å². The molecule has 3 aromatic carbocycles. The van der Waals surface area contributed by atoms with Gasteiger partial charge in [0.1, 0.15) is 11.2 Å². The van der Waals surface area contributed by atoms with Gasteiger partial charge in [0.2, 0.25) is 0 Å². The van der Waals surface area contributed by atoms with Crippen LogP contribution in [0.2, 0.25) is 0 Å². The Bertz CT molecular complexity index is 778. The molecule has 2 nitrogen and oxygen atoms in total. The highest BCUT2D eigenvalue weighted by Crippen LogP contribution is 2.35. The zero-order valence-electron chi connectivity index (χ0n) is 13.6. The fraction of sp³-hybridized carbons (Fsp3) is 0.136. The van der Waals surface area contributed by atoms with E-state index in [4.69, 9.17) is 4.74 Å². The van der Waals surface area contributed by atoms with Crippen molar-refractivity contribution in [2.24, 2.45) is 0 Å². The third-order valence-electron chi connectivity index (χ3n) is 4.35. The Morgan fingerprint density at radius 3 is 1.71 bits per heavy atom. The van der Waals surface area contributed by atoms with Crippen molar-refractivity contribution in [2.75, 3.05) is 7.11 Å². The van der Waals surface area contributed by atoms with Gasteiger partial charge < -0.3 is 4.74 Å². The molecule has 0 radical (unpaired) electrons. The molecule has 0 amide bonds. The number of nitrogens with zero attached hydrogens (tertiary/aromatic N) is 1. The molecule has 0 unspecified atom stereocenters. The summed E-state index contributed by atoms with van der Waals surface area (Å²) in [6.07, 6.45) is 0.613. The first kappa shape index (κ1) is 15.8. The standard InChI is InChI=1S/C22H19NO/c1-24-21-14-12-18(13-15-21)16-22(17-23,19-8-4-2-5-9-19)20-10-6-3-7-11-20/h2-15H,16H2,1H3. The summed E-state index contributed by atoms with van der Waals surface area (Å²) in [5.74, 6) is 0.820. The van der Waals surface area contributed by atoms with E-state index in [-0.39, 0.29) is 0 Å². The van der Waals surface area contributed by atoms with Crippen LogP contribution in [0.1, 0.15) is 16.7 Å². The number of nitriles is 1. The van der Waals surface area contributed by atoms with E-state index in [1.807, 2.05) is 84.9 Å². The second-order valence-corrected chi connectivity index (χ2v) is 5.77. The van der Waals surface area contributed by atoms with Crippen LogP contribution in [0.25, 0.3) is 0 Å². The van der Waals surface area contributed by atoms with E-state index < -0.39 is 5.41 Å². The lowest BCUT2D eigenvalue weighted by Gasteiger charge is -2.28. The summed E-state index contributed by atoms with van der Waals surface area (Å²) < 4.78 is 5.23. The van der Waals surface area contributed by atoms with Gasteiger partial charge in [-0.15, -0.1) is 0 Å². The molecule has 0 bridgehead atoms. The smallest absolute Gasteiger partial charge is 0.118 e. The molecule has 0 aliphatic carbocycles. The zero-order valence-corrected chi connectivity index (χ0v) is 13.6. The van der Waals surface area contributed by atoms with Gasteiger partial charge in [-0.3, -0.25) is 0 Å². The van der Waals surface area contributed by atoms with Gasteiger partial charge in [0.05, 0.1) is 13.2 Å². The fourth-order valence-corrected chi connectivity index (χ4v) is 3.03. The first-order valence-corrected chi connectivity index (χ1v) is 7.94. The van der Waals surface area contributed by atoms with Gasteiger partial charge in [0.25, 0.3) is 0 Å². The Hall–Kier alpha value is -3.05. The minimum Gasteiger partial charge on any atom is -0.497 e. The van der Waals surface area contributed by atoms with Crippen molar-refractivity contribution in [2.45, 2.75) is 11.8 Å². The van der Waals surface area contributed by atoms with Crippen molar-refractivity contribution < 1.29 is 4.74 Å². The lowest BCUT2D eigenvalue weighted by atomic mass is 9.71. The van der Waals surface area contributed by atoms with Crippen molar-refractivity contribution in [1.29, 1.82) is 5.26 Å². The summed E-state index contributed by atoms with van der Waals surface area (Å²) in [6.45, 7) is 0. The average molecular weight is 313 g/mol. The summed E-state index contributed by atoms with van der Waals surface area (Å²) in [4.78, 5) is 0. The topological polar surface area (TPSA) is 33.0 Å². The van der Waals surface area contributed by atoms with Gasteiger partial charge in [0.15, 0.2) is 0 Å². The second kappa shape index (κ2) is 7.02. The molecule has 0 atom stereocenters. The highest BCUT2D eigenvalue weighted by atomic mass is 16.5.